The molecule has 1 amide bonds. The van der Waals surface area contributed by atoms with Crippen LogP contribution in [0.15, 0.2) is 35.4 Å². The van der Waals surface area contributed by atoms with Gasteiger partial charge in [-0.15, -0.1) is 0 Å². The summed E-state index contributed by atoms with van der Waals surface area (Å²) in [6.07, 6.45) is 4.64. The van der Waals surface area contributed by atoms with Crippen molar-refractivity contribution in [3.8, 4) is 0 Å². The fourth-order valence-corrected chi connectivity index (χ4v) is 1.41. The molecule has 16 heavy (non-hydrogen) atoms. The van der Waals surface area contributed by atoms with E-state index in [1.54, 1.807) is 18.2 Å². The number of amides is 1. The Bertz CT molecular complexity index is 466. The lowest BCUT2D eigenvalue weighted by atomic mass is 10.1. The van der Waals surface area contributed by atoms with Gasteiger partial charge in [-0.1, -0.05) is 18.2 Å². The highest BCUT2D eigenvalue weighted by atomic mass is 19.1. The first-order chi connectivity index (χ1) is 7.74. The molecule has 1 aliphatic heterocycles. The molecule has 2 rings (SSSR count). The van der Waals surface area contributed by atoms with Crippen molar-refractivity contribution in [3.63, 3.8) is 0 Å². The summed E-state index contributed by atoms with van der Waals surface area (Å²) in [5.41, 5.74) is 3.98. The molecule has 0 unspecified atom stereocenters. The summed E-state index contributed by atoms with van der Waals surface area (Å²) in [5, 5.41) is 3.88. The monoisotopic (exact) mass is 218 g/mol. The van der Waals surface area contributed by atoms with Gasteiger partial charge in [-0.3, -0.25) is 4.79 Å². The maximum atomic E-state index is 12.9. The Labute approximate surface area is 92.7 Å². The highest BCUT2D eigenvalue weighted by molar-refractivity contribution is 6.02. The normalized spacial score (nSPS) is 16.1. The van der Waals surface area contributed by atoms with Crippen LogP contribution in [0, 0.1) is 5.82 Å². The molecule has 1 aliphatic rings. The van der Waals surface area contributed by atoms with E-state index in [1.165, 1.54) is 12.1 Å². The zero-order valence-corrected chi connectivity index (χ0v) is 8.61. The molecule has 1 heterocycles. The Morgan fingerprint density at radius 2 is 2.19 bits per heavy atom. The summed E-state index contributed by atoms with van der Waals surface area (Å²) in [4.78, 5) is 10.8. The number of hydrogen-bond donors (Lipinski definition) is 1. The van der Waals surface area contributed by atoms with Gasteiger partial charge in [0.25, 0.3) is 0 Å². The van der Waals surface area contributed by atoms with Gasteiger partial charge < -0.3 is 0 Å². The second-order valence-corrected chi connectivity index (χ2v) is 3.53. The molecule has 1 aromatic carbocycles. The van der Waals surface area contributed by atoms with E-state index in [0.717, 1.165) is 11.3 Å². The van der Waals surface area contributed by atoms with Crippen molar-refractivity contribution in [1.82, 2.24) is 5.43 Å². The summed E-state index contributed by atoms with van der Waals surface area (Å²) in [6.45, 7) is 0. The zero-order valence-electron chi connectivity index (χ0n) is 8.61. The predicted molar refractivity (Wildman–Crippen MR) is 60.2 cm³/mol. The zero-order chi connectivity index (χ0) is 11.4. The molecule has 0 saturated heterocycles. The van der Waals surface area contributed by atoms with Gasteiger partial charge in [0.05, 0.1) is 5.71 Å². The van der Waals surface area contributed by atoms with Crippen LogP contribution in [0.4, 0.5) is 4.39 Å². The lowest BCUT2D eigenvalue weighted by Crippen LogP contribution is -2.24. The first kappa shape index (κ1) is 10.5. The average Bonchev–Trinajstić information content (AvgIpc) is 2.28. The van der Waals surface area contributed by atoms with Crippen LogP contribution in [0.2, 0.25) is 0 Å². The van der Waals surface area contributed by atoms with Gasteiger partial charge in [0.15, 0.2) is 0 Å². The van der Waals surface area contributed by atoms with Gasteiger partial charge in [-0.25, -0.2) is 9.82 Å². The Hall–Kier alpha value is -1.97. The minimum Gasteiger partial charge on any atom is -0.273 e. The Balaban J connectivity index is 2.07. The molecule has 0 radical (unpaired) electrons. The summed E-state index contributed by atoms with van der Waals surface area (Å²) in [5.74, 6) is -0.330. The maximum absolute atomic E-state index is 12.9. The fraction of sp³-hybridized carbons (Fsp3) is 0.167. The van der Waals surface area contributed by atoms with Gasteiger partial charge in [0.2, 0.25) is 5.91 Å². The van der Waals surface area contributed by atoms with E-state index in [4.69, 9.17) is 0 Å². The number of carbonyl (C=O) groups is 1. The molecular formula is C12H11FN2O. The Morgan fingerprint density at radius 3 is 2.88 bits per heavy atom. The van der Waals surface area contributed by atoms with E-state index in [1.807, 2.05) is 6.07 Å². The highest BCUT2D eigenvalue weighted by Crippen LogP contribution is 2.07. The maximum Gasteiger partial charge on any atom is 0.240 e. The Morgan fingerprint density at radius 1 is 1.31 bits per heavy atom. The number of hydrazone groups is 1. The first-order valence-electron chi connectivity index (χ1n) is 5.03. The molecular weight excluding hydrogens is 207 g/mol. The molecule has 0 spiro atoms. The first-order valence-corrected chi connectivity index (χ1v) is 5.03. The number of benzene rings is 1. The van der Waals surface area contributed by atoms with Crippen LogP contribution in [0.1, 0.15) is 18.4 Å². The van der Waals surface area contributed by atoms with Crippen LogP contribution in [0.25, 0.3) is 6.08 Å². The number of nitrogens with one attached hydrogen (secondary N) is 1. The van der Waals surface area contributed by atoms with Crippen molar-refractivity contribution in [1.29, 1.82) is 0 Å². The van der Waals surface area contributed by atoms with Crippen LogP contribution in [0.3, 0.4) is 0 Å². The van der Waals surface area contributed by atoms with Gasteiger partial charge in [-0.2, -0.15) is 5.10 Å². The predicted octanol–water partition coefficient (Wildman–Crippen LogP) is 2.10. The van der Waals surface area contributed by atoms with Crippen molar-refractivity contribution >= 4 is 17.7 Å². The largest absolute Gasteiger partial charge is 0.273 e. The van der Waals surface area contributed by atoms with Crippen LogP contribution >= 0.6 is 0 Å². The number of rotatable bonds is 2. The molecule has 1 N–H and O–H groups in total. The molecule has 0 fully saturated rings. The van der Waals surface area contributed by atoms with E-state index >= 15 is 0 Å². The minimum atomic E-state index is -0.263. The average molecular weight is 218 g/mol. The number of hydrogen-bond acceptors (Lipinski definition) is 2. The number of nitrogens with zero attached hydrogens (tertiary/aromatic N) is 1. The lowest BCUT2D eigenvalue weighted by molar-refractivity contribution is -0.121. The summed E-state index contributed by atoms with van der Waals surface area (Å²) >= 11 is 0. The molecule has 3 nitrogen and oxygen atoms in total. The third kappa shape index (κ3) is 2.76. The second-order valence-electron chi connectivity index (χ2n) is 3.53. The van der Waals surface area contributed by atoms with E-state index in [2.05, 4.69) is 10.5 Å². The molecule has 0 bridgehead atoms. The third-order valence-corrected chi connectivity index (χ3v) is 2.25. The molecule has 4 heteroatoms. The molecule has 0 atom stereocenters. The number of carbonyl (C=O) groups excluding carboxylic acids is 1. The number of allylic oxidation sites excluding steroid dienone is 1. The summed E-state index contributed by atoms with van der Waals surface area (Å²) in [7, 11) is 0. The van der Waals surface area contributed by atoms with Crippen molar-refractivity contribution in [2.45, 2.75) is 12.8 Å². The molecule has 82 valence electrons. The fourth-order valence-electron chi connectivity index (χ4n) is 1.41. The van der Waals surface area contributed by atoms with Crippen LogP contribution < -0.4 is 5.43 Å². The van der Waals surface area contributed by atoms with Gasteiger partial charge in [0, 0.05) is 12.8 Å². The van der Waals surface area contributed by atoms with Gasteiger partial charge in [-0.05, 0) is 23.8 Å². The van der Waals surface area contributed by atoms with Crippen molar-refractivity contribution in [3.05, 3.63) is 41.7 Å². The molecule has 0 saturated carbocycles. The van der Waals surface area contributed by atoms with E-state index in [-0.39, 0.29) is 11.7 Å². The van der Waals surface area contributed by atoms with Crippen molar-refractivity contribution in [2.75, 3.05) is 0 Å². The third-order valence-electron chi connectivity index (χ3n) is 2.25. The molecule has 0 aliphatic carbocycles. The van der Waals surface area contributed by atoms with Gasteiger partial charge >= 0.3 is 0 Å². The lowest BCUT2D eigenvalue weighted by Gasteiger charge is -2.07. The van der Waals surface area contributed by atoms with Crippen molar-refractivity contribution in [2.24, 2.45) is 5.10 Å². The highest BCUT2D eigenvalue weighted by Gasteiger charge is 2.08. The summed E-state index contributed by atoms with van der Waals surface area (Å²) in [6, 6.07) is 6.30. The molecule has 1 aromatic rings. The van der Waals surface area contributed by atoms with E-state index < -0.39 is 0 Å². The Kier molecular flexibility index (Phi) is 3.10. The SMILES string of the molecule is O=C1CCC(C=Cc2cccc(F)c2)=NN1. The van der Waals surface area contributed by atoms with E-state index in [0.29, 0.717) is 12.8 Å². The van der Waals surface area contributed by atoms with Crippen LogP contribution in [-0.4, -0.2) is 11.6 Å². The second kappa shape index (κ2) is 4.70. The quantitative estimate of drug-likeness (QED) is 0.811. The van der Waals surface area contributed by atoms with Gasteiger partial charge in [0.1, 0.15) is 5.82 Å². The molecule has 0 aromatic heterocycles. The number of halogens is 1. The smallest absolute Gasteiger partial charge is 0.240 e. The van der Waals surface area contributed by atoms with Crippen LogP contribution in [0.5, 0.6) is 0 Å². The minimum absolute atomic E-state index is 0.0668. The standard InChI is InChI=1S/C12H11FN2O/c13-10-3-1-2-9(8-10)4-5-11-6-7-12(16)15-14-11/h1-5,8H,6-7H2,(H,15,16). The topological polar surface area (TPSA) is 41.5 Å². The van der Waals surface area contributed by atoms with E-state index in [9.17, 15) is 9.18 Å². The van der Waals surface area contributed by atoms with Crippen molar-refractivity contribution < 1.29 is 9.18 Å². The summed E-state index contributed by atoms with van der Waals surface area (Å²) < 4.78 is 12.9. The van der Waals surface area contributed by atoms with Crippen LogP contribution in [-0.2, 0) is 4.79 Å².